The maximum atomic E-state index is 9.95. The zero-order valence-electron chi connectivity index (χ0n) is 16.8. The van der Waals surface area contributed by atoms with Crippen LogP contribution in [0.4, 0.5) is 11.5 Å². The lowest BCUT2D eigenvalue weighted by atomic mass is 10.1. The van der Waals surface area contributed by atoms with Crippen LogP contribution in [0.25, 0.3) is 22.4 Å². The van der Waals surface area contributed by atoms with Gasteiger partial charge in [0.15, 0.2) is 5.75 Å². The summed E-state index contributed by atoms with van der Waals surface area (Å²) in [5.41, 5.74) is 4.54. The molecule has 1 aliphatic heterocycles. The Balaban J connectivity index is 1.63. The standard InChI is InChI=1S/C23H22N4O3/c1-14-6-9-21(24-11-14)27-15(12-28)13-30-22-17(4-3-5-20(22)27)23-25-18-8-7-16(29-2)10-19(18)26-23/h3-11,15,28H,12-13H2,1-2H3,(H,25,26). The first-order valence-electron chi connectivity index (χ1n) is 9.80. The number of hydrogen-bond donors (Lipinski definition) is 2. The van der Waals surface area contributed by atoms with Crippen LogP contribution in [0.2, 0.25) is 0 Å². The van der Waals surface area contributed by atoms with Crippen LogP contribution >= 0.6 is 0 Å². The van der Waals surface area contributed by atoms with Crippen molar-refractivity contribution in [2.45, 2.75) is 13.0 Å². The molecule has 1 atom stereocenters. The number of hydrogen-bond acceptors (Lipinski definition) is 6. The van der Waals surface area contributed by atoms with Crippen molar-refractivity contribution >= 4 is 22.5 Å². The maximum Gasteiger partial charge on any atom is 0.154 e. The van der Waals surface area contributed by atoms with Crippen molar-refractivity contribution in [1.82, 2.24) is 15.0 Å². The molecule has 1 aliphatic rings. The zero-order chi connectivity index (χ0) is 20.7. The highest BCUT2D eigenvalue weighted by atomic mass is 16.5. The number of fused-ring (bicyclic) bond motifs is 2. The van der Waals surface area contributed by atoms with E-state index in [1.807, 2.05) is 66.6 Å². The summed E-state index contributed by atoms with van der Waals surface area (Å²) >= 11 is 0. The first-order chi connectivity index (χ1) is 14.7. The van der Waals surface area contributed by atoms with Crippen molar-refractivity contribution in [2.24, 2.45) is 0 Å². The van der Waals surface area contributed by atoms with Gasteiger partial charge >= 0.3 is 0 Å². The van der Waals surface area contributed by atoms with Crippen LogP contribution in [0.1, 0.15) is 5.56 Å². The summed E-state index contributed by atoms with van der Waals surface area (Å²) in [7, 11) is 1.64. The number of methoxy groups -OCH3 is 1. The van der Waals surface area contributed by atoms with E-state index < -0.39 is 0 Å². The Labute approximate surface area is 173 Å². The fourth-order valence-corrected chi connectivity index (χ4v) is 3.79. The number of aryl methyl sites for hydroxylation is 1. The molecule has 0 bridgehead atoms. The SMILES string of the molecule is COc1ccc2nc(-c3cccc4c3OCC(CO)N4c3ccc(C)cn3)[nH]c2c1. The molecule has 7 nitrogen and oxygen atoms in total. The Bertz CT molecular complexity index is 1200. The van der Waals surface area contributed by atoms with Gasteiger partial charge < -0.3 is 24.5 Å². The lowest BCUT2D eigenvalue weighted by Gasteiger charge is -2.37. The van der Waals surface area contributed by atoms with Gasteiger partial charge in [0.2, 0.25) is 0 Å². The second-order valence-corrected chi connectivity index (χ2v) is 7.33. The highest BCUT2D eigenvalue weighted by Crippen LogP contribution is 2.44. The van der Waals surface area contributed by atoms with Crippen molar-refractivity contribution in [3.63, 3.8) is 0 Å². The molecule has 0 saturated carbocycles. The number of aliphatic hydroxyl groups excluding tert-OH is 1. The van der Waals surface area contributed by atoms with Gasteiger partial charge in [-0.1, -0.05) is 12.1 Å². The summed E-state index contributed by atoms with van der Waals surface area (Å²) in [5, 5.41) is 9.95. The number of aromatic amines is 1. The van der Waals surface area contributed by atoms with Gasteiger partial charge in [0.05, 0.1) is 42.0 Å². The summed E-state index contributed by atoms with van der Waals surface area (Å²) < 4.78 is 11.4. The molecule has 2 aromatic carbocycles. The molecule has 0 aliphatic carbocycles. The van der Waals surface area contributed by atoms with Crippen molar-refractivity contribution < 1.29 is 14.6 Å². The van der Waals surface area contributed by atoms with E-state index in [0.717, 1.165) is 51.0 Å². The third-order valence-electron chi connectivity index (χ3n) is 5.34. The maximum absolute atomic E-state index is 9.95. The Morgan fingerprint density at radius 3 is 2.90 bits per heavy atom. The topological polar surface area (TPSA) is 83.5 Å². The van der Waals surface area contributed by atoms with Gasteiger partial charge in [-0.15, -0.1) is 0 Å². The van der Waals surface area contributed by atoms with E-state index in [9.17, 15) is 5.11 Å². The predicted molar refractivity (Wildman–Crippen MR) is 116 cm³/mol. The highest BCUT2D eigenvalue weighted by Gasteiger charge is 2.31. The van der Waals surface area contributed by atoms with Crippen molar-refractivity contribution in [2.75, 3.05) is 25.2 Å². The van der Waals surface area contributed by atoms with Gasteiger partial charge in [-0.25, -0.2) is 9.97 Å². The number of aliphatic hydroxyl groups is 1. The van der Waals surface area contributed by atoms with Crippen molar-refractivity contribution in [3.8, 4) is 22.9 Å². The Hall–Kier alpha value is -3.58. The van der Waals surface area contributed by atoms with Crippen LogP contribution in [-0.2, 0) is 0 Å². The van der Waals surface area contributed by atoms with Crippen LogP contribution in [-0.4, -0.2) is 46.4 Å². The highest BCUT2D eigenvalue weighted by molar-refractivity contribution is 5.85. The molecule has 0 fully saturated rings. The second kappa shape index (κ2) is 7.35. The van der Waals surface area contributed by atoms with Gasteiger partial charge in [-0.3, -0.25) is 0 Å². The van der Waals surface area contributed by atoms with E-state index in [4.69, 9.17) is 14.5 Å². The lowest BCUT2D eigenvalue weighted by molar-refractivity contribution is 0.195. The summed E-state index contributed by atoms with van der Waals surface area (Å²) in [6.07, 6.45) is 1.83. The molecule has 152 valence electrons. The number of para-hydroxylation sites is 1. The number of imidazole rings is 1. The Kier molecular flexibility index (Phi) is 4.52. The summed E-state index contributed by atoms with van der Waals surface area (Å²) in [4.78, 5) is 14.7. The normalized spacial score (nSPS) is 15.7. The van der Waals surface area contributed by atoms with Crippen LogP contribution in [0.5, 0.6) is 11.5 Å². The molecule has 4 aromatic rings. The first kappa shape index (κ1) is 18.4. The number of pyridine rings is 1. The number of nitrogens with one attached hydrogen (secondary N) is 1. The molecule has 0 amide bonds. The minimum Gasteiger partial charge on any atom is -0.497 e. The third kappa shape index (κ3) is 3.04. The Morgan fingerprint density at radius 1 is 1.23 bits per heavy atom. The number of H-pyrrole nitrogens is 1. The molecule has 7 heteroatoms. The van der Waals surface area contributed by atoms with E-state index in [0.29, 0.717) is 6.61 Å². The van der Waals surface area contributed by atoms with E-state index >= 15 is 0 Å². The van der Waals surface area contributed by atoms with Gasteiger partial charge in [0.1, 0.15) is 24.0 Å². The number of benzene rings is 2. The van der Waals surface area contributed by atoms with Gasteiger partial charge in [0.25, 0.3) is 0 Å². The summed E-state index contributed by atoms with van der Waals surface area (Å²) in [6.45, 7) is 2.32. The molecular formula is C23H22N4O3. The minimum absolute atomic E-state index is 0.0380. The molecule has 2 aromatic heterocycles. The fourth-order valence-electron chi connectivity index (χ4n) is 3.79. The molecule has 5 rings (SSSR count). The molecule has 0 saturated heterocycles. The van der Waals surface area contributed by atoms with Crippen LogP contribution in [0.15, 0.2) is 54.7 Å². The minimum atomic E-state index is -0.220. The van der Waals surface area contributed by atoms with E-state index in [-0.39, 0.29) is 12.6 Å². The number of aromatic nitrogens is 3. The molecule has 3 heterocycles. The molecule has 0 radical (unpaired) electrons. The Morgan fingerprint density at radius 2 is 2.13 bits per heavy atom. The zero-order valence-corrected chi connectivity index (χ0v) is 16.8. The molecule has 0 spiro atoms. The third-order valence-corrected chi connectivity index (χ3v) is 5.34. The second-order valence-electron chi connectivity index (χ2n) is 7.33. The fraction of sp³-hybridized carbons (Fsp3) is 0.217. The smallest absolute Gasteiger partial charge is 0.154 e. The average Bonchev–Trinajstić information content (AvgIpc) is 3.21. The molecule has 1 unspecified atom stereocenters. The van der Waals surface area contributed by atoms with Gasteiger partial charge in [0, 0.05) is 12.3 Å². The largest absolute Gasteiger partial charge is 0.497 e. The van der Waals surface area contributed by atoms with E-state index in [1.54, 1.807) is 7.11 Å². The van der Waals surface area contributed by atoms with Crippen LogP contribution in [0.3, 0.4) is 0 Å². The van der Waals surface area contributed by atoms with Crippen LogP contribution in [0, 0.1) is 6.92 Å². The first-order valence-corrected chi connectivity index (χ1v) is 9.80. The van der Waals surface area contributed by atoms with E-state index in [1.165, 1.54) is 0 Å². The summed E-state index contributed by atoms with van der Waals surface area (Å²) in [5.74, 6) is 2.98. The number of anilines is 2. The molecular weight excluding hydrogens is 380 g/mol. The number of ether oxygens (including phenoxy) is 2. The quantitative estimate of drug-likeness (QED) is 0.540. The monoisotopic (exact) mass is 402 g/mol. The predicted octanol–water partition coefficient (Wildman–Crippen LogP) is 3.83. The van der Waals surface area contributed by atoms with Crippen molar-refractivity contribution in [1.29, 1.82) is 0 Å². The van der Waals surface area contributed by atoms with Gasteiger partial charge in [-0.05, 0) is 42.8 Å². The molecule has 2 N–H and O–H groups in total. The summed E-state index contributed by atoms with van der Waals surface area (Å²) in [6, 6.07) is 15.4. The average molecular weight is 402 g/mol. The number of rotatable bonds is 4. The molecule has 30 heavy (non-hydrogen) atoms. The number of nitrogens with zero attached hydrogens (tertiary/aromatic N) is 3. The lowest BCUT2D eigenvalue weighted by Crippen LogP contribution is -2.43. The van der Waals surface area contributed by atoms with E-state index in [2.05, 4.69) is 9.97 Å². The van der Waals surface area contributed by atoms with Gasteiger partial charge in [-0.2, -0.15) is 0 Å². The van der Waals surface area contributed by atoms with Crippen molar-refractivity contribution in [3.05, 3.63) is 60.3 Å². The van der Waals surface area contributed by atoms with Crippen LogP contribution < -0.4 is 14.4 Å².